The molecule has 0 fully saturated rings. The van der Waals surface area contributed by atoms with Gasteiger partial charge in [0.05, 0.1) is 18.1 Å². The van der Waals surface area contributed by atoms with Crippen LogP contribution in [0.15, 0.2) is 36.4 Å². The SMILES string of the molecule is COc1c(Cc2cc3c(F)c(F)ccc3n2C)ccc2cc(C)n(C)c12. The molecular weight excluding hydrogens is 334 g/mol. The molecule has 4 aromatic rings. The summed E-state index contributed by atoms with van der Waals surface area (Å²) in [6.45, 7) is 2.06. The molecule has 0 N–H and O–H groups in total. The van der Waals surface area contributed by atoms with Crippen molar-refractivity contribution < 1.29 is 13.5 Å². The van der Waals surface area contributed by atoms with Crippen LogP contribution in [0.5, 0.6) is 5.75 Å². The number of hydrogen-bond donors (Lipinski definition) is 0. The Morgan fingerprint density at radius 3 is 2.50 bits per heavy atom. The summed E-state index contributed by atoms with van der Waals surface area (Å²) in [6, 6.07) is 10.7. The van der Waals surface area contributed by atoms with Gasteiger partial charge in [-0.05, 0) is 31.2 Å². The first kappa shape index (κ1) is 16.6. The predicted octanol–water partition coefficient (Wildman–Crippen LogP) is 4.86. The van der Waals surface area contributed by atoms with E-state index in [1.165, 1.54) is 6.07 Å². The van der Waals surface area contributed by atoms with Gasteiger partial charge in [-0.1, -0.05) is 12.1 Å². The molecule has 0 radical (unpaired) electrons. The van der Waals surface area contributed by atoms with Crippen LogP contribution in [-0.4, -0.2) is 16.2 Å². The average Bonchev–Trinajstić information content (AvgIpc) is 3.09. The average molecular weight is 354 g/mol. The van der Waals surface area contributed by atoms with Crippen molar-refractivity contribution in [3.63, 3.8) is 0 Å². The van der Waals surface area contributed by atoms with E-state index in [2.05, 4.69) is 23.6 Å². The van der Waals surface area contributed by atoms with Gasteiger partial charge in [-0.25, -0.2) is 8.78 Å². The lowest BCUT2D eigenvalue weighted by Crippen LogP contribution is -2.01. The Hall–Kier alpha value is -2.82. The molecule has 2 aromatic heterocycles. The number of benzene rings is 2. The van der Waals surface area contributed by atoms with Gasteiger partial charge in [0, 0.05) is 48.2 Å². The van der Waals surface area contributed by atoms with E-state index in [0.717, 1.165) is 33.6 Å². The zero-order chi connectivity index (χ0) is 18.6. The van der Waals surface area contributed by atoms with Crippen LogP contribution < -0.4 is 4.74 Å². The number of methoxy groups -OCH3 is 1. The molecule has 5 heteroatoms. The van der Waals surface area contributed by atoms with E-state index in [4.69, 9.17) is 4.74 Å². The number of nitrogens with zero attached hydrogens (tertiary/aromatic N) is 2. The van der Waals surface area contributed by atoms with Crippen molar-refractivity contribution in [3.05, 3.63) is 65.0 Å². The van der Waals surface area contributed by atoms with Gasteiger partial charge in [0.2, 0.25) is 0 Å². The fourth-order valence-corrected chi connectivity index (χ4v) is 3.72. The molecule has 0 unspecified atom stereocenters. The molecule has 4 rings (SSSR count). The van der Waals surface area contributed by atoms with Gasteiger partial charge in [0.15, 0.2) is 11.6 Å². The molecule has 0 atom stereocenters. The Balaban J connectivity index is 1.88. The van der Waals surface area contributed by atoms with E-state index in [9.17, 15) is 8.78 Å². The van der Waals surface area contributed by atoms with E-state index in [1.807, 2.05) is 24.7 Å². The number of aryl methyl sites for hydroxylation is 3. The van der Waals surface area contributed by atoms with Gasteiger partial charge in [0.1, 0.15) is 5.75 Å². The molecule has 0 aliphatic heterocycles. The zero-order valence-corrected chi connectivity index (χ0v) is 15.2. The largest absolute Gasteiger partial charge is 0.494 e. The van der Waals surface area contributed by atoms with Crippen molar-refractivity contribution in [3.8, 4) is 5.75 Å². The van der Waals surface area contributed by atoms with Crippen LogP contribution in [0.25, 0.3) is 21.8 Å². The number of aromatic nitrogens is 2. The number of halogens is 2. The predicted molar refractivity (Wildman–Crippen MR) is 99.8 cm³/mol. The van der Waals surface area contributed by atoms with Crippen LogP contribution in [0.2, 0.25) is 0 Å². The summed E-state index contributed by atoms with van der Waals surface area (Å²) in [4.78, 5) is 0. The summed E-state index contributed by atoms with van der Waals surface area (Å²) in [5, 5.41) is 1.42. The van der Waals surface area contributed by atoms with Crippen LogP contribution in [0.4, 0.5) is 8.78 Å². The molecule has 0 bridgehead atoms. The Morgan fingerprint density at radius 1 is 1.00 bits per heavy atom. The first-order valence-electron chi connectivity index (χ1n) is 8.46. The monoisotopic (exact) mass is 354 g/mol. The normalized spacial score (nSPS) is 11.6. The fourth-order valence-electron chi connectivity index (χ4n) is 3.72. The maximum Gasteiger partial charge on any atom is 0.168 e. The first-order chi connectivity index (χ1) is 12.4. The molecule has 0 aliphatic carbocycles. The maximum absolute atomic E-state index is 14.1. The third-order valence-electron chi connectivity index (χ3n) is 5.26. The second kappa shape index (κ2) is 5.87. The highest BCUT2D eigenvalue weighted by Crippen LogP contribution is 2.34. The van der Waals surface area contributed by atoms with Crippen LogP contribution in [0, 0.1) is 18.6 Å². The molecule has 2 heterocycles. The van der Waals surface area contributed by atoms with Crippen LogP contribution >= 0.6 is 0 Å². The van der Waals surface area contributed by atoms with Gasteiger partial charge >= 0.3 is 0 Å². The molecular formula is C21H20F2N2O. The van der Waals surface area contributed by atoms with E-state index >= 15 is 0 Å². The van der Waals surface area contributed by atoms with Gasteiger partial charge in [0.25, 0.3) is 0 Å². The standard InChI is InChI=1S/C21H20F2N2O/c1-12-9-13-5-6-14(21(26-4)20(13)24(12)2)10-15-11-16-18(25(15)3)8-7-17(22)19(16)23/h5-9,11H,10H2,1-4H3. The van der Waals surface area contributed by atoms with Crippen LogP contribution in [0.1, 0.15) is 17.0 Å². The highest BCUT2D eigenvalue weighted by Gasteiger charge is 2.17. The zero-order valence-electron chi connectivity index (χ0n) is 15.2. The third-order valence-corrected chi connectivity index (χ3v) is 5.26. The van der Waals surface area contributed by atoms with Crippen molar-refractivity contribution in [1.82, 2.24) is 9.13 Å². The molecule has 26 heavy (non-hydrogen) atoms. The lowest BCUT2D eigenvalue weighted by atomic mass is 10.1. The van der Waals surface area contributed by atoms with E-state index in [-0.39, 0.29) is 0 Å². The summed E-state index contributed by atoms with van der Waals surface area (Å²) in [5.41, 5.74) is 4.77. The summed E-state index contributed by atoms with van der Waals surface area (Å²) >= 11 is 0. The number of rotatable bonds is 3. The van der Waals surface area contributed by atoms with Crippen molar-refractivity contribution in [2.45, 2.75) is 13.3 Å². The molecule has 0 spiro atoms. The molecule has 0 amide bonds. The maximum atomic E-state index is 14.1. The molecule has 0 aliphatic rings. The summed E-state index contributed by atoms with van der Waals surface area (Å²) in [5.74, 6) is -0.812. The number of fused-ring (bicyclic) bond motifs is 2. The lowest BCUT2D eigenvalue weighted by Gasteiger charge is -2.12. The van der Waals surface area contributed by atoms with E-state index in [0.29, 0.717) is 17.3 Å². The van der Waals surface area contributed by atoms with Crippen molar-refractivity contribution in [2.24, 2.45) is 14.1 Å². The molecule has 134 valence electrons. The third kappa shape index (κ3) is 2.30. The highest BCUT2D eigenvalue weighted by molar-refractivity contribution is 5.88. The van der Waals surface area contributed by atoms with Gasteiger partial charge in [-0.3, -0.25) is 0 Å². The van der Waals surface area contributed by atoms with Crippen LogP contribution in [0.3, 0.4) is 0 Å². The first-order valence-corrected chi connectivity index (χ1v) is 8.46. The Morgan fingerprint density at radius 2 is 1.77 bits per heavy atom. The van der Waals surface area contributed by atoms with E-state index in [1.54, 1.807) is 19.2 Å². The van der Waals surface area contributed by atoms with Gasteiger partial charge < -0.3 is 13.9 Å². The lowest BCUT2D eigenvalue weighted by molar-refractivity contribution is 0.413. The Kier molecular flexibility index (Phi) is 3.75. The smallest absolute Gasteiger partial charge is 0.168 e. The van der Waals surface area contributed by atoms with Crippen molar-refractivity contribution in [2.75, 3.05) is 7.11 Å². The Bertz CT molecular complexity index is 1150. The summed E-state index contributed by atoms with van der Waals surface area (Å²) in [7, 11) is 5.54. The summed E-state index contributed by atoms with van der Waals surface area (Å²) in [6.07, 6.45) is 0.565. The fraction of sp³-hybridized carbons (Fsp3) is 0.238. The molecule has 0 saturated carbocycles. The molecule has 3 nitrogen and oxygen atoms in total. The minimum atomic E-state index is -0.826. The minimum absolute atomic E-state index is 0.303. The van der Waals surface area contributed by atoms with Crippen molar-refractivity contribution >= 4 is 21.8 Å². The number of hydrogen-bond acceptors (Lipinski definition) is 1. The topological polar surface area (TPSA) is 19.1 Å². The molecule has 2 aromatic carbocycles. The highest BCUT2D eigenvalue weighted by atomic mass is 19.2. The summed E-state index contributed by atoms with van der Waals surface area (Å²) < 4.78 is 37.4. The van der Waals surface area contributed by atoms with Crippen molar-refractivity contribution in [1.29, 1.82) is 0 Å². The minimum Gasteiger partial charge on any atom is -0.494 e. The Labute approximate surface area is 150 Å². The number of ether oxygens (including phenoxy) is 1. The van der Waals surface area contributed by atoms with Gasteiger partial charge in [-0.15, -0.1) is 0 Å². The quantitative estimate of drug-likeness (QED) is 0.514. The van der Waals surface area contributed by atoms with Gasteiger partial charge in [-0.2, -0.15) is 0 Å². The van der Waals surface area contributed by atoms with Crippen LogP contribution in [-0.2, 0) is 20.5 Å². The second-order valence-corrected chi connectivity index (χ2v) is 6.71. The molecule has 0 saturated heterocycles. The van der Waals surface area contributed by atoms with E-state index < -0.39 is 11.6 Å². The second-order valence-electron chi connectivity index (χ2n) is 6.71.